The third-order valence-corrected chi connectivity index (χ3v) is 5.02. The van der Waals surface area contributed by atoms with Gasteiger partial charge >= 0.3 is 6.09 Å². The van der Waals surface area contributed by atoms with E-state index in [2.05, 4.69) is 31.5 Å². The van der Waals surface area contributed by atoms with Gasteiger partial charge in [0.25, 0.3) is 11.8 Å². The number of hydrogen-bond acceptors (Lipinski definition) is 7. The van der Waals surface area contributed by atoms with E-state index in [0.29, 0.717) is 16.0 Å². The molecule has 3 rings (SSSR count). The molecule has 0 aliphatic rings. The number of aromatic nitrogens is 1. The number of alkyl carbamates (subject to hydrolysis) is 1. The van der Waals surface area contributed by atoms with Crippen molar-refractivity contribution in [2.45, 2.75) is 32.9 Å². The van der Waals surface area contributed by atoms with Gasteiger partial charge in [0.15, 0.2) is 0 Å². The van der Waals surface area contributed by atoms with Gasteiger partial charge in [-0.25, -0.2) is 9.78 Å². The lowest BCUT2D eigenvalue weighted by atomic mass is 10.2. The molecule has 30 heavy (non-hydrogen) atoms. The van der Waals surface area contributed by atoms with Crippen LogP contribution in [0.3, 0.4) is 0 Å². The van der Waals surface area contributed by atoms with Gasteiger partial charge in [-0.05, 0) is 39.0 Å². The number of primary amides is 1. The van der Waals surface area contributed by atoms with E-state index in [1.807, 2.05) is 0 Å². The minimum atomic E-state index is -0.807. The fourth-order valence-electron chi connectivity index (χ4n) is 2.50. The van der Waals surface area contributed by atoms with E-state index in [1.54, 1.807) is 44.4 Å². The molecule has 2 aromatic heterocycles. The quantitative estimate of drug-likeness (QED) is 0.489. The average Bonchev–Trinajstić information content (AvgIpc) is 3.24. The number of thiazole rings is 1. The lowest BCUT2D eigenvalue weighted by Crippen LogP contribution is -2.32. The van der Waals surface area contributed by atoms with Crippen LogP contribution < -0.4 is 16.4 Å². The highest BCUT2D eigenvalue weighted by atomic mass is 79.9. The zero-order valence-corrected chi connectivity index (χ0v) is 18.8. The normalized spacial score (nSPS) is 11.3. The molecule has 0 aliphatic carbocycles. The lowest BCUT2D eigenvalue weighted by Gasteiger charge is -2.19. The molecule has 3 amide bonds. The van der Waals surface area contributed by atoms with Crippen molar-refractivity contribution in [3.8, 4) is 0 Å². The summed E-state index contributed by atoms with van der Waals surface area (Å²) >= 11 is 4.55. The second-order valence-electron chi connectivity index (χ2n) is 7.25. The van der Waals surface area contributed by atoms with E-state index in [9.17, 15) is 14.4 Å². The van der Waals surface area contributed by atoms with Crippen molar-refractivity contribution in [3.05, 3.63) is 44.5 Å². The number of carbonyl (C=O) groups is 3. The molecule has 0 bridgehead atoms. The van der Waals surface area contributed by atoms with Gasteiger partial charge in [0.1, 0.15) is 27.6 Å². The minimum absolute atomic E-state index is 0.112. The number of furan rings is 1. The van der Waals surface area contributed by atoms with E-state index in [-0.39, 0.29) is 23.7 Å². The highest BCUT2D eigenvalue weighted by Crippen LogP contribution is 2.33. The fourth-order valence-corrected chi connectivity index (χ4v) is 3.58. The van der Waals surface area contributed by atoms with Crippen molar-refractivity contribution in [2.75, 3.05) is 5.32 Å². The maximum atomic E-state index is 12.7. The second kappa shape index (κ2) is 8.44. The van der Waals surface area contributed by atoms with Crippen molar-refractivity contribution in [1.82, 2.24) is 10.3 Å². The zero-order valence-electron chi connectivity index (χ0n) is 16.4. The van der Waals surface area contributed by atoms with Crippen molar-refractivity contribution >= 4 is 61.8 Å². The Balaban J connectivity index is 1.75. The maximum absolute atomic E-state index is 12.7. The Morgan fingerprint density at radius 1 is 1.30 bits per heavy atom. The van der Waals surface area contributed by atoms with E-state index in [4.69, 9.17) is 14.9 Å². The molecule has 158 valence electrons. The number of fused-ring (bicyclic) bond motifs is 1. The molecule has 0 fully saturated rings. The Kier molecular flexibility index (Phi) is 6.13. The number of nitrogens with zero attached hydrogens (tertiary/aromatic N) is 1. The van der Waals surface area contributed by atoms with Crippen LogP contribution in [0.4, 0.5) is 10.5 Å². The summed E-state index contributed by atoms with van der Waals surface area (Å²) in [5.41, 5.74) is 5.48. The van der Waals surface area contributed by atoms with Crippen molar-refractivity contribution in [1.29, 1.82) is 0 Å². The maximum Gasteiger partial charge on any atom is 0.408 e. The molecule has 0 atom stereocenters. The topological polar surface area (TPSA) is 137 Å². The summed E-state index contributed by atoms with van der Waals surface area (Å²) in [4.78, 5) is 40.4. The summed E-state index contributed by atoms with van der Waals surface area (Å²) in [5.74, 6) is -1.50. The number of carbonyl (C=O) groups excluding carboxylic acids is 3. The third kappa shape index (κ3) is 5.16. The Morgan fingerprint density at radius 2 is 2.03 bits per heavy atom. The van der Waals surface area contributed by atoms with Crippen molar-refractivity contribution in [3.63, 3.8) is 0 Å². The SMILES string of the molecule is CC(C)(C)OC(=O)NCc1nc(C(=O)Nc2c(C(N)=O)oc3ccc(Br)cc23)cs1. The number of benzene rings is 1. The Hall–Kier alpha value is -2.92. The number of nitrogens with one attached hydrogen (secondary N) is 2. The van der Waals surface area contributed by atoms with Crippen LogP contribution in [0.5, 0.6) is 0 Å². The highest BCUT2D eigenvalue weighted by Gasteiger charge is 2.22. The minimum Gasteiger partial charge on any atom is -0.449 e. The van der Waals surface area contributed by atoms with Crippen LogP contribution >= 0.6 is 27.3 Å². The van der Waals surface area contributed by atoms with Gasteiger partial charge in [0, 0.05) is 15.2 Å². The van der Waals surface area contributed by atoms with Crippen LogP contribution in [0.25, 0.3) is 11.0 Å². The van der Waals surface area contributed by atoms with Gasteiger partial charge in [-0.15, -0.1) is 11.3 Å². The van der Waals surface area contributed by atoms with Gasteiger partial charge < -0.3 is 25.5 Å². The van der Waals surface area contributed by atoms with Gasteiger partial charge in [-0.3, -0.25) is 9.59 Å². The third-order valence-electron chi connectivity index (χ3n) is 3.68. The molecular weight excluding hydrogens is 476 g/mol. The van der Waals surface area contributed by atoms with Crippen LogP contribution in [-0.2, 0) is 11.3 Å². The van der Waals surface area contributed by atoms with Gasteiger partial charge in [-0.2, -0.15) is 0 Å². The van der Waals surface area contributed by atoms with Gasteiger partial charge in [0.05, 0.1) is 6.54 Å². The first-order valence-electron chi connectivity index (χ1n) is 8.78. The largest absolute Gasteiger partial charge is 0.449 e. The number of amides is 3. The summed E-state index contributed by atoms with van der Waals surface area (Å²) in [6.07, 6.45) is -0.578. The molecule has 2 heterocycles. The molecule has 0 radical (unpaired) electrons. The predicted octanol–water partition coefficient (Wildman–Crippen LogP) is 4.03. The van der Waals surface area contributed by atoms with Crippen LogP contribution in [-0.4, -0.2) is 28.5 Å². The molecule has 0 aliphatic heterocycles. The van der Waals surface area contributed by atoms with E-state index < -0.39 is 23.5 Å². The molecule has 11 heteroatoms. The van der Waals surface area contributed by atoms with Gasteiger partial charge in [0.2, 0.25) is 5.76 Å². The molecule has 4 N–H and O–H groups in total. The number of rotatable bonds is 5. The fraction of sp³-hybridized carbons (Fsp3) is 0.263. The van der Waals surface area contributed by atoms with Crippen LogP contribution in [0.1, 0.15) is 46.8 Å². The number of nitrogens with two attached hydrogens (primary N) is 1. The summed E-state index contributed by atoms with van der Waals surface area (Å²) in [6, 6.07) is 5.11. The molecule has 9 nitrogen and oxygen atoms in total. The van der Waals surface area contributed by atoms with E-state index in [1.165, 1.54) is 11.3 Å². The van der Waals surface area contributed by atoms with Crippen LogP contribution in [0, 0.1) is 0 Å². The molecule has 0 saturated heterocycles. The molecule has 1 aromatic carbocycles. The zero-order chi connectivity index (χ0) is 22.1. The van der Waals surface area contributed by atoms with Crippen LogP contribution in [0.15, 0.2) is 32.5 Å². The average molecular weight is 495 g/mol. The molecule has 0 saturated carbocycles. The summed E-state index contributed by atoms with van der Waals surface area (Å²) in [5, 5.41) is 7.81. The first kappa shape index (κ1) is 21.8. The summed E-state index contributed by atoms with van der Waals surface area (Å²) < 4.78 is 11.4. The standard InChI is InChI=1S/C19H19BrN4O5S/c1-19(2,3)29-18(27)22-7-13-23-11(8-30-13)17(26)24-14-10-6-9(20)4-5-12(10)28-15(14)16(21)25/h4-6,8H,7H2,1-3H3,(H2,21,25)(H,22,27)(H,24,26). The second-order valence-corrected chi connectivity index (χ2v) is 9.11. The first-order chi connectivity index (χ1) is 14.0. The van der Waals surface area contributed by atoms with E-state index in [0.717, 1.165) is 4.47 Å². The first-order valence-corrected chi connectivity index (χ1v) is 10.5. The Bertz CT molecular complexity index is 1130. The highest BCUT2D eigenvalue weighted by molar-refractivity contribution is 9.10. The van der Waals surface area contributed by atoms with Gasteiger partial charge in [-0.1, -0.05) is 15.9 Å². The number of anilines is 1. The van der Waals surface area contributed by atoms with Crippen molar-refractivity contribution < 1.29 is 23.5 Å². The summed E-state index contributed by atoms with van der Waals surface area (Å²) in [6.45, 7) is 5.39. The lowest BCUT2D eigenvalue weighted by molar-refractivity contribution is 0.0523. The van der Waals surface area contributed by atoms with Crippen molar-refractivity contribution in [2.24, 2.45) is 5.73 Å². The predicted molar refractivity (Wildman–Crippen MR) is 116 cm³/mol. The molecule has 0 unspecified atom stereocenters. The Morgan fingerprint density at radius 3 is 2.70 bits per heavy atom. The Labute approximate surface area is 184 Å². The van der Waals surface area contributed by atoms with Crippen LogP contribution in [0.2, 0.25) is 0 Å². The number of ether oxygens (including phenoxy) is 1. The number of halogens is 1. The number of hydrogen-bond donors (Lipinski definition) is 3. The molecular formula is C19H19BrN4O5S. The van der Waals surface area contributed by atoms with E-state index >= 15 is 0 Å². The monoisotopic (exact) mass is 494 g/mol. The molecule has 0 spiro atoms. The summed E-state index contributed by atoms with van der Waals surface area (Å²) in [7, 11) is 0. The smallest absolute Gasteiger partial charge is 0.408 e. The molecule has 3 aromatic rings.